The third-order valence-electron chi connectivity index (χ3n) is 8.95. The van der Waals surface area contributed by atoms with E-state index in [-0.39, 0.29) is 36.6 Å². The first-order chi connectivity index (χ1) is 19.4. The zero-order valence-electron chi connectivity index (χ0n) is 21.6. The lowest BCUT2D eigenvalue weighted by Crippen LogP contribution is -2.50. The highest BCUT2D eigenvalue weighted by atomic mass is 16.5. The van der Waals surface area contributed by atoms with Gasteiger partial charge >= 0.3 is 5.71 Å². The van der Waals surface area contributed by atoms with E-state index in [1.165, 1.54) is 6.07 Å². The van der Waals surface area contributed by atoms with Gasteiger partial charge in [-0.1, -0.05) is 12.1 Å². The van der Waals surface area contributed by atoms with Gasteiger partial charge < -0.3 is 36.0 Å². The van der Waals surface area contributed by atoms with Crippen molar-refractivity contribution in [3.63, 3.8) is 0 Å². The molecule has 0 saturated carbocycles. The van der Waals surface area contributed by atoms with Crippen LogP contribution in [0.1, 0.15) is 50.2 Å². The second-order valence-corrected chi connectivity index (χ2v) is 10.8. The van der Waals surface area contributed by atoms with Crippen LogP contribution in [0.3, 0.4) is 0 Å². The van der Waals surface area contributed by atoms with Crippen LogP contribution in [0, 0.1) is 0 Å². The number of nitrogens with zero attached hydrogens (tertiary/aromatic N) is 4. The van der Waals surface area contributed by atoms with E-state index in [0.717, 1.165) is 37.3 Å². The maximum Gasteiger partial charge on any atom is 0.358 e. The summed E-state index contributed by atoms with van der Waals surface area (Å²) in [7, 11) is 0. The Morgan fingerprint density at radius 3 is 1.95 bits per heavy atom. The largest absolute Gasteiger partial charge is 0.457 e. The Morgan fingerprint density at radius 1 is 0.925 bits per heavy atom. The van der Waals surface area contributed by atoms with Crippen LogP contribution in [0.25, 0.3) is 5.53 Å². The Labute approximate surface area is 229 Å². The number of ether oxygens (including phenoxy) is 1. The van der Waals surface area contributed by atoms with Gasteiger partial charge in [0.1, 0.15) is 11.5 Å². The number of ketones is 1. The van der Waals surface area contributed by atoms with Crippen molar-refractivity contribution in [1.29, 1.82) is 0 Å². The van der Waals surface area contributed by atoms with Gasteiger partial charge in [-0.2, -0.15) is 4.79 Å². The van der Waals surface area contributed by atoms with E-state index in [1.54, 1.807) is 12.1 Å². The Morgan fingerprint density at radius 2 is 1.50 bits per heavy atom. The molecule has 2 saturated heterocycles. The first-order valence-electron chi connectivity index (χ1n) is 13.4. The summed E-state index contributed by atoms with van der Waals surface area (Å²) >= 11 is 0. The first-order valence-corrected chi connectivity index (χ1v) is 13.4. The van der Waals surface area contributed by atoms with Gasteiger partial charge in [-0.05, 0) is 48.7 Å². The molecule has 0 unspecified atom stereocenters. The maximum absolute atomic E-state index is 13.7. The Bertz CT molecular complexity index is 1590. The van der Waals surface area contributed by atoms with E-state index in [9.17, 15) is 25.3 Å². The summed E-state index contributed by atoms with van der Waals surface area (Å²) in [6, 6.07) is 16.0. The number of rotatable bonds is 5. The van der Waals surface area contributed by atoms with Gasteiger partial charge in [0.25, 0.3) is 5.78 Å². The number of nitrogens with two attached hydrogens (primary N) is 1. The number of carbonyl (C=O) groups excluding carboxylic acids is 2. The molecule has 10 heteroatoms. The molecule has 1 aliphatic carbocycles. The first kappa shape index (κ1) is 24.5. The van der Waals surface area contributed by atoms with Crippen LogP contribution < -0.4 is 20.3 Å². The van der Waals surface area contributed by atoms with Crippen LogP contribution in [0.15, 0.2) is 54.6 Å². The van der Waals surface area contributed by atoms with Crippen LogP contribution in [-0.4, -0.2) is 70.8 Å². The van der Waals surface area contributed by atoms with Crippen molar-refractivity contribution in [1.82, 2.24) is 0 Å². The lowest BCUT2D eigenvalue weighted by atomic mass is 9.67. The summed E-state index contributed by atoms with van der Waals surface area (Å²) in [5.41, 5.74) is 18.5. The number of aliphatic hydroxyl groups is 2. The van der Waals surface area contributed by atoms with Crippen molar-refractivity contribution >= 4 is 28.8 Å². The number of amides is 1. The molecular weight excluding hydrogens is 510 g/mol. The summed E-state index contributed by atoms with van der Waals surface area (Å²) in [5, 5.41) is 19.5. The molecule has 0 aromatic heterocycles. The van der Waals surface area contributed by atoms with Crippen LogP contribution in [0.2, 0.25) is 0 Å². The molecule has 1 amide bonds. The molecule has 202 valence electrons. The quantitative estimate of drug-likeness (QED) is 0.333. The number of Topliss-reactive ketones (excluding diaryl/α,β-unsaturated/α-hetero) is 1. The minimum atomic E-state index is -1.36. The monoisotopic (exact) mass is 537 g/mol. The molecule has 2 fully saturated rings. The zero-order chi connectivity index (χ0) is 27.8. The molecule has 10 nitrogen and oxygen atoms in total. The smallest absolute Gasteiger partial charge is 0.358 e. The molecule has 3 aromatic rings. The highest BCUT2D eigenvalue weighted by Gasteiger charge is 2.62. The highest BCUT2D eigenvalue weighted by molar-refractivity contribution is 6.52. The average molecular weight is 538 g/mol. The van der Waals surface area contributed by atoms with Crippen LogP contribution >= 0.6 is 0 Å². The number of carbonyl (C=O) groups is 2. The van der Waals surface area contributed by atoms with Crippen molar-refractivity contribution in [2.75, 3.05) is 36.1 Å². The number of anilines is 2. The molecule has 40 heavy (non-hydrogen) atoms. The second-order valence-electron chi connectivity index (χ2n) is 10.8. The van der Waals surface area contributed by atoms with Gasteiger partial charge in [0.2, 0.25) is 5.91 Å². The Kier molecular flexibility index (Phi) is 5.37. The van der Waals surface area contributed by atoms with Crippen molar-refractivity contribution in [2.24, 2.45) is 5.73 Å². The van der Waals surface area contributed by atoms with Crippen molar-refractivity contribution in [2.45, 2.75) is 30.3 Å². The summed E-state index contributed by atoms with van der Waals surface area (Å²) in [5.74, 6) is -0.149. The minimum Gasteiger partial charge on any atom is -0.457 e. The second kappa shape index (κ2) is 8.76. The predicted octanol–water partition coefficient (Wildman–Crippen LogP) is 2.23. The minimum absolute atomic E-state index is 0.0118. The fourth-order valence-electron chi connectivity index (χ4n) is 6.67. The number of primary amides is 1. The molecular formula is C30H27N5O5. The molecule has 3 aliphatic heterocycles. The van der Waals surface area contributed by atoms with Crippen molar-refractivity contribution < 1.29 is 29.3 Å². The van der Waals surface area contributed by atoms with E-state index >= 15 is 0 Å². The molecule has 4 N–H and O–H groups in total. The fourth-order valence-corrected chi connectivity index (χ4v) is 6.67. The van der Waals surface area contributed by atoms with Gasteiger partial charge in [0.05, 0.1) is 25.3 Å². The summed E-state index contributed by atoms with van der Waals surface area (Å²) in [6.45, 7) is 1.66. The molecule has 1 spiro atoms. The fraction of sp³-hybridized carbons (Fsp3) is 0.300. The zero-order valence-corrected chi connectivity index (χ0v) is 21.6. The number of aliphatic hydroxyl groups excluding tert-OH is 2. The van der Waals surface area contributed by atoms with Crippen LogP contribution in [0.5, 0.6) is 11.5 Å². The normalized spacial score (nSPS) is 21.6. The topological polar surface area (TPSA) is 153 Å². The summed E-state index contributed by atoms with van der Waals surface area (Å²) < 4.78 is 6.52. The standard InChI is InChI=1S/C30H27N5O5/c31-29(39)16-1-4-21-24(11-16)30(28(33-32)27(21)38)22-5-2-17(34-9-7-19(34)14-36)12-25(22)40-26-13-18(3-6-23(26)30)35-10-8-20(35)15-37/h1-6,11-13,19-20,36-37H,7-10,14-15H2,(H2,31,39)/t19-,20-/m1/s1. The van der Waals surface area contributed by atoms with Gasteiger partial charge in [-0.25, -0.2) is 0 Å². The molecule has 2 atom stereocenters. The van der Waals surface area contributed by atoms with E-state index in [2.05, 4.69) is 14.6 Å². The SMILES string of the molecule is [N-]=[N+]=C1C(=O)c2ccc(C(N)=O)cc2C12c1ccc(N3CC[C@@H]3CO)cc1Oc1cc(N3CC[C@@H]3CO)ccc12. The van der Waals surface area contributed by atoms with Crippen molar-refractivity contribution in [3.05, 3.63) is 87.9 Å². The molecule has 0 radical (unpaired) electrons. The van der Waals surface area contributed by atoms with E-state index in [0.29, 0.717) is 33.8 Å². The van der Waals surface area contributed by atoms with Gasteiger partial charge in [-0.15, -0.1) is 0 Å². The van der Waals surface area contributed by atoms with E-state index < -0.39 is 17.1 Å². The molecule has 7 rings (SSSR count). The van der Waals surface area contributed by atoms with Gasteiger partial charge in [0.15, 0.2) is 5.41 Å². The van der Waals surface area contributed by atoms with Crippen molar-refractivity contribution in [3.8, 4) is 11.5 Å². The molecule has 3 heterocycles. The lowest BCUT2D eigenvalue weighted by Gasteiger charge is -2.43. The highest BCUT2D eigenvalue weighted by Crippen LogP contribution is 2.57. The molecule has 4 aliphatic rings. The lowest BCUT2D eigenvalue weighted by molar-refractivity contribution is -0.0118. The third kappa shape index (κ3) is 3.12. The number of benzene rings is 3. The maximum atomic E-state index is 13.7. The van der Waals surface area contributed by atoms with Crippen LogP contribution in [0.4, 0.5) is 11.4 Å². The molecule has 0 bridgehead atoms. The molecule has 3 aromatic carbocycles. The van der Waals surface area contributed by atoms with E-state index in [4.69, 9.17) is 10.5 Å². The van der Waals surface area contributed by atoms with E-state index in [1.807, 2.05) is 36.4 Å². The predicted molar refractivity (Wildman–Crippen MR) is 146 cm³/mol. The Balaban J connectivity index is 1.50. The average Bonchev–Trinajstić information content (AvgIpc) is 3.15. The Hall–Kier alpha value is -4.50. The third-order valence-corrected chi connectivity index (χ3v) is 8.95. The summed E-state index contributed by atoms with van der Waals surface area (Å²) in [6.07, 6.45) is 1.76. The van der Waals surface area contributed by atoms with Crippen LogP contribution in [-0.2, 0) is 5.41 Å². The van der Waals surface area contributed by atoms with Gasteiger partial charge in [-0.3, -0.25) is 9.59 Å². The van der Waals surface area contributed by atoms with Gasteiger partial charge in [0, 0.05) is 58.9 Å². The number of hydrogen-bond donors (Lipinski definition) is 3. The number of hydrogen-bond acceptors (Lipinski definition) is 7. The summed E-state index contributed by atoms with van der Waals surface area (Å²) in [4.78, 5) is 33.7. The number of fused-ring (bicyclic) bond motifs is 6.